The van der Waals surface area contributed by atoms with Gasteiger partial charge in [-0.2, -0.15) is 0 Å². The van der Waals surface area contributed by atoms with Crippen LogP contribution in [-0.2, 0) is 6.54 Å². The van der Waals surface area contributed by atoms with Gasteiger partial charge in [0.2, 0.25) is 0 Å². The molecule has 0 atom stereocenters. The number of nitrogens with one attached hydrogen (secondary N) is 1. The van der Waals surface area contributed by atoms with E-state index in [9.17, 15) is 0 Å². The normalized spacial score (nSPS) is 10.6. The Morgan fingerprint density at radius 3 is 2.58 bits per heavy atom. The van der Waals surface area contributed by atoms with Crippen molar-refractivity contribution >= 4 is 0 Å². The average molecular weight is 165 g/mol. The largest absolute Gasteiger partial charge is 0.288 e. The summed E-state index contributed by atoms with van der Waals surface area (Å²) in [6.45, 7) is 1.62. The van der Waals surface area contributed by atoms with Crippen molar-refractivity contribution in [3.8, 4) is 0 Å². The van der Waals surface area contributed by atoms with Crippen LogP contribution in [0.15, 0.2) is 30.3 Å². The van der Waals surface area contributed by atoms with Crippen molar-refractivity contribution in [2.24, 2.45) is 5.84 Å². The van der Waals surface area contributed by atoms with Crippen LogP contribution in [0.3, 0.4) is 0 Å². The fourth-order valence-corrected chi connectivity index (χ4v) is 1.11. The van der Waals surface area contributed by atoms with Gasteiger partial charge in [-0.05, 0) is 12.6 Å². The lowest BCUT2D eigenvalue weighted by molar-refractivity contribution is 0.301. The average Bonchev–Trinajstić information content (AvgIpc) is 2.06. The Morgan fingerprint density at radius 2 is 2.00 bits per heavy atom. The van der Waals surface area contributed by atoms with Crippen molar-refractivity contribution in [1.29, 1.82) is 0 Å². The van der Waals surface area contributed by atoms with Crippen molar-refractivity contribution in [2.45, 2.75) is 6.54 Å². The molecule has 0 aromatic heterocycles. The minimum Gasteiger partial charge on any atom is -0.288 e. The van der Waals surface area contributed by atoms with Crippen LogP contribution in [0.5, 0.6) is 0 Å². The van der Waals surface area contributed by atoms with Crippen molar-refractivity contribution in [1.82, 2.24) is 10.3 Å². The molecule has 1 aromatic rings. The van der Waals surface area contributed by atoms with Gasteiger partial charge in [0, 0.05) is 6.54 Å². The maximum atomic E-state index is 5.19. The Labute approximate surface area is 73.1 Å². The first-order valence-corrected chi connectivity index (χ1v) is 3.99. The molecule has 0 heterocycles. The van der Waals surface area contributed by atoms with Crippen LogP contribution in [-0.4, -0.2) is 18.6 Å². The summed E-state index contributed by atoms with van der Waals surface area (Å²) in [7, 11) is 2.02. The summed E-state index contributed by atoms with van der Waals surface area (Å²) in [6, 6.07) is 10.3. The summed E-state index contributed by atoms with van der Waals surface area (Å²) in [4.78, 5) is 2.11. The maximum absolute atomic E-state index is 5.19. The van der Waals surface area contributed by atoms with Crippen molar-refractivity contribution < 1.29 is 0 Å². The molecule has 0 fully saturated rings. The number of hydrogen-bond acceptors (Lipinski definition) is 3. The number of nitrogens with two attached hydrogens (primary N) is 1. The molecule has 0 bridgehead atoms. The van der Waals surface area contributed by atoms with E-state index >= 15 is 0 Å². The van der Waals surface area contributed by atoms with Gasteiger partial charge in [0.15, 0.2) is 0 Å². The van der Waals surface area contributed by atoms with Crippen LogP contribution in [0.2, 0.25) is 0 Å². The van der Waals surface area contributed by atoms with Gasteiger partial charge in [0.05, 0.1) is 6.67 Å². The second kappa shape index (κ2) is 4.87. The van der Waals surface area contributed by atoms with E-state index in [4.69, 9.17) is 5.84 Å². The Hall–Kier alpha value is -0.900. The first-order chi connectivity index (χ1) is 5.83. The second-order valence-electron chi connectivity index (χ2n) is 2.86. The molecular formula is C9H15N3. The Bertz CT molecular complexity index is 210. The third-order valence-electron chi connectivity index (χ3n) is 1.66. The molecule has 1 aromatic carbocycles. The Morgan fingerprint density at radius 1 is 1.33 bits per heavy atom. The van der Waals surface area contributed by atoms with Gasteiger partial charge in [-0.3, -0.25) is 10.7 Å². The lowest BCUT2D eigenvalue weighted by Gasteiger charge is -2.15. The summed E-state index contributed by atoms with van der Waals surface area (Å²) in [5, 5.41) is 0. The minimum absolute atomic E-state index is 0.703. The quantitative estimate of drug-likeness (QED) is 0.389. The molecule has 0 aliphatic rings. The molecule has 3 N–H and O–H groups in total. The van der Waals surface area contributed by atoms with Crippen LogP contribution in [0.4, 0.5) is 0 Å². The topological polar surface area (TPSA) is 41.3 Å². The lowest BCUT2D eigenvalue weighted by atomic mass is 10.2. The standard InChI is InChI=1S/C9H15N3/c1-12(8-11-10)7-9-5-3-2-4-6-9/h2-6,11H,7-8,10H2,1H3. The fraction of sp³-hybridized carbons (Fsp3) is 0.333. The van der Waals surface area contributed by atoms with E-state index in [1.54, 1.807) is 0 Å². The molecule has 0 spiro atoms. The van der Waals surface area contributed by atoms with E-state index in [-0.39, 0.29) is 0 Å². The second-order valence-corrected chi connectivity index (χ2v) is 2.86. The lowest BCUT2D eigenvalue weighted by Crippen LogP contribution is -2.34. The monoisotopic (exact) mass is 165 g/mol. The third kappa shape index (κ3) is 3.00. The molecule has 3 heteroatoms. The molecule has 12 heavy (non-hydrogen) atoms. The van der Waals surface area contributed by atoms with Crippen LogP contribution >= 0.6 is 0 Å². The zero-order valence-corrected chi connectivity index (χ0v) is 7.33. The summed E-state index contributed by atoms with van der Waals surface area (Å²) < 4.78 is 0. The van der Waals surface area contributed by atoms with Gasteiger partial charge in [0.1, 0.15) is 0 Å². The zero-order valence-electron chi connectivity index (χ0n) is 7.33. The fourth-order valence-electron chi connectivity index (χ4n) is 1.11. The summed E-state index contributed by atoms with van der Waals surface area (Å²) >= 11 is 0. The highest BCUT2D eigenvalue weighted by Gasteiger charge is 1.96. The molecule has 66 valence electrons. The number of hydrazine groups is 1. The smallest absolute Gasteiger partial charge is 0.0612 e. The predicted molar refractivity (Wildman–Crippen MR) is 50.1 cm³/mol. The van der Waals surface area contributed by atoms with E-state index < -0.39 is 0 Å². The van der Waals surface area contributed by atoms with Crippen LogP contribution in [0.1, 0.15) is 5.56 Å². The minimum atomic E-state index is 0.703. The van der Waals surface area contributed by atoms with Gasteiger partial charge in [-0.25, -0.2) is 5.43 Å². The summed E-state index contributed by atoms with van der Waals surface area (Å²) in [6.07, 6.45) is 0. The van der Waals surface area contributed by atoms with E-state index in [0.717, 1.165) is 6.54 Å². The SMILES string of the molecule is CN(CNN)Cc1ccccc1. The number of hydrogen-bond donors (Lipinski definition) is 2. The highest BCUT2D eigenvalue weighted by Crippen LogP contribution is 2.00. The van der Waals surface area contributed by atoms with E-state index in [1.165, 1.54) is 5.56 Å². The van der Waals surface area contributed by atoms with Gasteiger partial charge in [-0.1, -0.05) is 30.3 Å². The Kier molecular flexibility index (Phi) is 3.73. The molecule has 0 saturated heterocycles. The predicted octanol–water partition coefficient (Wildman–Crippen LogP) is 0.539. The third-order valence-corrected chi connectivity index (χ3v) is 1.66. The van der Waals surface area contributed by atoms with E-state index in [1.807, 2.05) is 25.2 Å². The van der Waals surface area contributed by atoms with Crippen molar-refractivity contribution in [3.63, 3.8) is 0 Å². The van der Waals surface area contributed by atoms with Crippen LogP contribution < -0.4 is 11.3 Å². The zero-order chi connectivity index (χ0) is 8.81. The highest BCUT2D eigenvalue weighted by molar-refractivity contribution is 5.14. The maximum Gasteiger partial charge on any atom is 0.0612 e. The molecule has 0 amide bonds. The van der Waals surface area contributed by atoms with Crippen molar-refractivity contribution in [2.75, 3.05) is 13.7 Å². The molecule has 1 rings (SSSR count). The molecule has 0 saturated carbocycles. The van der Waals surface area contributed by atoms with Gasteiger partial charge >= 0.3 is 0 Å². The molecule has 0 unspecified atom stereocenters. The molecule has 0 aliphatic heterocycles. The summed E-state index contributed by atoms with van der Waals surface area (Å²) in [5.74, 6) is 5.19. The van der Waals surface area contributed by atoms with E-state index in [2.05, 4.69) is 22.5 Å². The van der Waals surface area contributed by atoms with Crippen molar-refractivity contribution in [3.05, 3.63) is 35.9 Å². The first kappa shape index (κ1) is 9.19. The molecule has 0 aliphatic carbocycles. The van der Waals surface area contributed by atoms with Gasteiger partial charge < -0.3 is 0 Å². The van der Waals surface area contributed by atoms with E-state index in [0.29, 0.717) is 6.67 Å². The van der Waals surface area contributed by atoms with Gasteiger partial charge in [0.25, 0.3) is 0 Å². The van der Waals surface area contributed by atoms with Gasteiger partial charge in [-0.15, -0.1) is 0 Å². The first-order valence-electron chi connectivity index (χ1n) is 3.99. The Balaban J connectivity index is 2.41. The number of benzene rings is 1. The molecule has 0 radical (unpaired) electrons. The van der Waals surface area contributed by atoms with Crippen LogP contribution in [0, 0.1) is 0 Å². The number of nitrogens with zero attached hydrogens (tertiary/aromatic N) is 1. The molecular weight excluding hydrogens is 150 g/mol. The molecule has 3 nitrogen and oxygen atoms in total. The number of rotatable bonds is 4. The van der Waals surface area contributed by atoms with Crippen LogP contribution in [0.25, 0.3) is 0 Å². The summed E-state index contributed by atoms with van der Waals surface area (Å²) in [5.41, 5.74) is 3.91. The highest BCUT2D eigenvalue weighted by atomic mass is 15.3.